The number of carboxylic acid groups (broad SMARTS) is 1. The smallest absolute Gasteiger partial charge is 0.410 e. The maximum atomic E-state index is 11.6. The number of carbonyl (C=O) groups is 3. The number of carbonyl (C=O) groups excluding carboxylic acids is 2. The van der Waals surface area contributed by atoms with Gasteiger partial charge in [0.2, 0.25) is 5.78 Å². The van der Waals surface area contributed by atoms with Gasteiger partial charge in [0.1, 0.15) is 6.61 Å². The van der Waals surface area contributed by atoms with Crippen molar-refractivity contribution in [3.05, 3.63) is 35.9 Å². The molecule has 8 nitrogen and oxygen atoms in total. The zero-order valence-electron chi connectivity index (χ0n) is 11.3. The van der Waals surface area contributed by atoms with E-state index in [2.05, 4.69) is 0 Å². The van der Waals surface area contributed by atoms with Gasteiger partial charge in [-0.25, -0.2) is 9.59 Å². The van der Waals surface area contributed by atoms with Gasteiger partial charge in [0.15, 0.2) is 0 Å². The zero-order valence-corrected chi connectivity index (χ0v) is 11.3. The Morgan fingerprint density at radius 3 is 2.38 bits per heavy atom. The molecule has 0 radical (unpaired) electrons. The quantitative estimate of drug-likeness (QED) is 0.414. The predicted molar refractivity (Wildman–Crippen MR) is 71.0 cm³/mol. The van der Waals surface area contributed by atoms with Crippen LogP contribution < -0.4 is 11.1 Å². The lowest BCUT2D eigenvalue weighted by molar-refractivity contribution is -0.168. The van der Waals surface area contributed by atoms with Crippen molar-refractivity contribution < 1.29 is 29.3 Å². The molecule has 2 atom stereocenters. The van der Waals surface area contributed by atoms with E-state index < -0.39 is 29.6 Å². The second-order valence-corrected chi connectivity index (χ2v) is 4.36. The minimum Gasteiger partial charge on any atom is -0.477 e. The first-order chi connectivity index (χ1) is 9.77. The summed E-state index contributed by atoms with van der Waals surface area (Å²) in [4.78, 5) is 34.1. The van der Waals surface area contributed by atoms with Crippen molar-refractivity contribution in [1.82, 2.24) is 5.32 Å². The lowest BCUT2D eigenvalue weighted by atomic mass is 10.0. The van der Waals surface area contributed by atoms with Gasteiger partial charge in [0.25, 0.3) is 0 Å². The first-order valence-corrected chi connectivity index (χ1v) is 6.02. The van der Waals surface area contributed by atoms with E-state index in [0.29, 0.717) is 5.56 Å². The van der Waals surface area contributed by atoms with Crippen molar-refractivity contribution in [1.29, 1.82) is 0 Å². The van der Waals surface area contributed by atoms with Crippen molar-refractivity contribution in [3.8, 4) is 0 Å². The summed E-state index contributed by atoms with van der Waals surface area (Å²) in [5.41, 5.74) is 2.77. The number of alkyl carbamates (subject to hydrolysis) is 1. The number of ether oxygens (including phenoxy) is 1. The van der Waals surface area contributed by atoms with Crippen LogP contribution in [0.5, 0.6) is 0 Å². The van der Waals surface area contributed by atoms with E-state index in [0.717, 1.165) is 0 Å². The van der Waals surface area contributed by atoms with E-state index in [1.54, 1.807) is 35.6 Å². The molecule has 0 saturated heterocycles. The number of carboxylic acids is 1. The number of aliphatic carboxylic acids is 1. The average molecular weight is 296 g/mol. The lowest BCUT2D eigenvalue weighted by Crippen LogP contribution is -2.63. The van der Waals surface area contributed by atoms with E-state index in [4.69, 9.17) is 15.6 Å². The molecule has 1 unspecified atom stereocenters. The monoisotopic (exact) mass is 296 g/mol. The van der Waals surface area contributed by atoms with Crippen LogP contribution in [0.1, 0.15) is 12.5 Å². The molecule has 0 aliphatic heterocycles. The summed E-state index contributed by atoms with van der Waals surface area (Å²) in [6.45, 7) is 1.04. The Hall–Kier alpha value is -2.45. The van der Waals surface area contributed by atoms with Gasteiger partial charge in [-0.05, 0) is 12.5 Å². The van der Waals surface area contributed by atoms with Gasteiger partial charge in [0.05, 0.1) is 6.04 Å². The summed E-state index contributed by atoms with van der Waals surface area (Å²) in [6, 6.07) is 7.32. The summed E-state index contributed by atoms with van der Waals surface area (Å²) in [6.07, 6.45) is -1.25. The molecular weight excluding hydrogens is 280 g/mol. The molecule has 0 saturated carbocycles. The number of Topliss-reactive ketones (excluding diaryl/α,β-unsaturated/α-hetero) is 1. The van der Waals surface area contributed by atoms with E-state index in [1.165, 1.54) is 6.92 Å². The summed E-state index contributed by atoms with van der Waals surface area (Å²) in [5, 5.41) is 20.3. The fourth-order valence-electron chi connectivity index (χ4n) is 1.46. The fourth-order valence-corrected chi connectivity index (χ4v) is 1.46. The van der Waals surface area contributed by atoms with Crippen molar-refractivity contribution in [3.63, 3.8) is 0 Å². The minimum atomic E-state index is -3.12. The van der Waals surface area contributed by atoms with Gasteiger partial charge in [-0.15, -0.1) is 0 Å². The van der Waals surface area contributed by atoms with Crippen LogP contribution in [0, 0.1) is 0 Å². The van der Waals surface area contributed by atoms with Crippen molar-refractivity contribution in [2.24, 2.45) is 5.73 Å². The third-order valence-corrected chi connectivity index (χ3v) is 2.58. The lowest BCUT2D eigenvalue weighted by Gasteiger charge is -2.24. The molecule has 5 N–H and O–H groups in total. The standard InChI is InChI=1S/C13H16N2O6/c1-8(14)10(16)13(20,11(17)18)15-12(19)21-7-9-5-3-2-4-6-9/h2-6,8,20H,7,14H2,1H3,(H,15,19)(H,17,18)/t8-,13?/m0/s1. The molecule has 0 bridgehead atoms. The molecule has 1 amide bonds. The van der Waals surface area contributed by atoms with E-state index in [1.807, 2.05) is 0 Å². The van der Waals surface area contributed by atoms with Crippen LogP contribution >= 0.6 is 0 Å². The molecule has 114 valence electrons. The van der Waals surface area contributed by atoms with Crippen LogP contribution in [0.15, 0.2) is 30.3 Å². The number of benzene rings is 1. The molecule has 21 heavy (non-hydrogen) atoms. The molecule has 1 aromatic rings. The zero-order chi connectivity index (χ0) is 16.0. The SMILES string of the molecule is C[C@H](N)C(=O)C(O)(NC(=O)OCc1ccccc1)C(=O)O. The molecular formula is C13H16N2O6. The Labute approximate surface area is 120 Å². The highest BCUT2D eigenvalue weighted by Crippen LogP contribution is 2.07. The van der Waals surface area contributed by atoms with E-state index in [-0.39, 0.29) is 6.61 Å². The fraction of sp³-hybridized carbons (Fsp3) is 0.308. The average Bonchev–Trinajstić information content (AvgIpc) is 2.45. The maximum absolute atomic E-state index is 11.6. The Bertz CT molecular complexity index is 531. The van der Waals surface area contributed by atoms with Crippen LogP contribution in [-0.2, 0) is 20.9 Å². The first kappa shape index (κ1) is 16.6. The largest absolute Gasteiger partial charge is 0.477 e. The van der Waals surface area contributed by atoms with Crippen molar-refractivity contribution >= 4 is 17.8 Å². The number of ketones is 1. The Kier molecular flexibility index (Phi) is 5.39. The summed E-state index contributed by atoms with van der Waals surface area (Å²) in [5.74, 6) is -3.20. The van der Waals surface area contributed by atoms with E-state index in [9.17, 15) is 19.5 Å². The van der Waals surface area contributed by atoms with Gasteiger partial charge < -0.3 is 20.7 Å². The molecule has 1 rings (SSSR count). The van der Waals surface area contributed by atoms with Crippen LogP contribution in [0.4, 0.5) is 4.79 Å². The Morgan fingerprint density at radius 1 is 1.33 bits per heavy atom. The molecule has 1 aromatic carbocycles. The third kappa shape index (κ3) is 4.26. The molecule has 0 aliphatic rings. The highest BCUT2D eigenvalue weighted by molar-refractivity contribution is 6.09. The number of rotatable bonds is 6. The van der Waals surface area contributed by atoms with Gasteiger partial charge >= 0.3 is 17.8 Å². The molecule has 8 heteroatoms. The third-order valence-electron chi connectivity index (χ3n) is 2.58. The van der Waals surface area contributed by atoms with Crippen molar-refractivity contribution in [2.75, 3.05) is 0 Å². The van der Waals surface area contributed by atoms with Gasteiger partial charge in [-0.1, -0.05) is 30.3 Å². The molecule has 0 spiro atoms. The first-order valence-electron chi connectivity index (χ1n) is 6.02. The Morgan fingerprint density at radius 2 is 1.90 bits per heavy atom. The van der Waals surface area contributed by atoms with Gasteiger partial charge in [-0.3, -0.25) is 10.1 Å². The number of nitrogens with one attached hydrogen (secondary N) is 1. The molecule has 0 aliphatic carbocycles. The van der Waals surface area contributed by atoms with Crippen LogP contribution in [0.25, 0.3) is 0 Å². The maximum Gasteiger partial charge on any atom is 0.410 e. The van der Waals surface area contributed by atoms with Crippen LogP contribution in [0.2, 0.25) is 0 Å². The summed E-state index contributed by atoms with van der Waals surface area (Å²) in [7, 11) is 0. The summed E-state index contributed by atoms with van der Waals surface area (Å²) >= 11 is 0. The highest BCUT2D eigenvalue weighted by atomic mass is 16.6. The highest BCUT2D eigenvalue weighted by Gasteiger charge is 2.47. The topological polar surface area (TPSA) is 139 Å². The number of hydrogen-bond donors (Lipinski definition) is 4. The number of amides is 1. The van der Waals surface area contributed by atoms with Gasteiger partial charge in [0, 0.05) is 0 Å². The van der Waals surface area contributed by atoms with Crippen LogP contribution in [-0.4, -0.2) is 39.8 Å². The number of nitrogens with two attached hydrogens (primary N) is 1. The van der Waals surface area contributed by atoms with E-state index >= 15 is 0 Å². The van der Waals surface area contributed by atoms with Crippen LogP contribution in [0.3, 0.4) is 0 Å². The normalized spacial score (nSPS) is 14.6. The Balaban J connectivity index is 2.70. The number of hydrogen-bond acceptors (Lipinski definition) is 6. The van der Waals surface area contributed by atoms with Gasteiger partial charge in [-0.2, -0.15) is 0 Å². The molecule has 0 aromatic heterocycles. The summed E-state index contributed by atoms with van der Waals surface area (Å²) < 4.78 is 4.74. The second kappa shape index (κ2) is 6.82. The molecule has 0 heterocycles. The number of aliphatic hydroxyl groups is 1. The second-order valence-electron chi connectivity index (χ2n) is 4.36. The predicted octanol–water partition coefficient (Wildman–Crippen LogP) is -0.398. The minimum absolute atomic E-state index is 0.144. The van der Waals surface area contributed by atoms with Crippen molar-refractivity contribution in [2.45, 2.75) is 25.3 Å². The molecule has 0 fully saturated rings.